The smallest absolute Gasteiger partial charge is 0.0510 e. The van der Waals surface area contributed by atoms with Crippen LogP contribution in [0, 0.1) is 5.92 Å². The monoisotopic (exact) mass is 316 g/mol. The summed E-state index contributed by atoms with van der Waals surface area (Å²) in [4.78, 5) is 1.26. The molecule has 1 aliphatic rings. The van der Waals surface area contributed by atoms with Crippen LogP contribution in [-0.4, -0.2) is 25.0 Å². The van der Waals surface area contributed by atoms with Gasteiger partial charge in [-0.2, -0.15) is 0 Å². The fourth-order valence-electron chi connectivity index (χ4n) is 1.93. The molecule has 0 radical (unpaired) electrons. The van der Waals surface area contributed by atoms with Crippen LogP contribution in [0.5, 0.6) is 0 Å². The lowest BCUT2D eigenvalue weighted by Crippen LogP contribution is -2.43. The maximum absolute atomic E-state index is 5.62. The SMILES string of the molecule is NNC(CSc1ccccc1Br)C1CCOC1. The number of hydrazine groups is 1. The van der Waals surface area contributed by atoms with Crippen LogP contribution in [0.3, 0.4) is 0 Å². The number of nitrogens with one attached hydrogen (secondary N) is 1. The molecule has 0 spiro atoms. The molecule has 0 saturated carbocycles. The molecule has 3 N–H and O–H groups in total. The molecular formula is C12H17BrN2OS. The van der Waals surface area contributed by atoms with Crippen molar-refractivity contribution in [1.29, 1.82) is 0 Å². The third-order valence-corrected chi connectivity index (χ3v) is 5.15. The van der Waals surface area contributed by atoms with Gasteiger partial charge >= 0.3 is 0 Å². The van der Waals surface area contributed by atoms with Crippen LogP contribution >= 0.6 is 27.7 Å². The summed E-state index contributed by atoms with van der Waals surface area (Å²) in [5, 5.41) is 0. The van der Waals surface area contributed by atoms with Gasteiger partial charge in [0.15, 0.2) is 0 Å². The van der Waals surface area contributed by atoms with Gasteiger partial charge in [-0.1, -0.05) is 12.1 Å². The first-order valence-electron chi connectivity index (χ1n) is 5.72. The van der Waals surface area contributed by atoms with Crippen molar-refractivity contribution in [2.75, 3.05) is 19.0 Å². The predicted octanol–water partition coefficient (Wildman–Crippen LogP) is 2.41. The van der Waals surface area contributed by atoms with E-state index in [1.165, 1.54) is 4.90 Å². The standard InChI is InChI=1S/C12H17BrN2OS/c13-10-3-1-2-4-12(10)17-8-11(15-14)9-5-6-16-7-9/h1-4,9,11,15H,5-8,14H2. The molecule has 0 aliphatic carbocycles. The number of ether oxygens (including phenoxy) is 1. The molecule has 5 heteroatoms. The third kappa shape index (κ3) is 3.69. The summed E-state index contributed by atoms with van der Waals surface area (Å²) in [6, 6.07) is 8.57. The second-order valence-electron chi connectivity index (χ2n) is 4.14. The average Bonchev–Trinajstić information content (AvgIpc) is 2.86. The van der Waals surface area contributed by atoms with Crippen molar-refractivity contribution in [3.8, 4) is 0 Å². The summed E-state index contributed by atoms with van der Waals surface area (Å²) in [6.07, 6.45) is 1.10. The van der Waals surface area contributed by atoms with E-state index >= 15 is 0 Å². The lowest BCUT2D eigenvalue weighted by atomic mass is 10.0. The summed E-state index contributed by atoms with van der Waals surface area (Å²) in [6.45, 7) is 1.69. The van der Waals surface area contributed by atoms with Crippen molar-refractivity contribution in [1.82, 2.24) is 5.43 Å². The third-order valence-electron chi connectivity index (χ3n) is 3.00. The van der Waals surface area contributed by atoms with Gasteiger partial charge < -0.3 is 4.74 Å². The van der Waals surface area contributed by atoms with Crippen molar-refractivity contribution in [3.05, 3.63) is 28.7 Å². The molecular weight excluding hydrogens is 300 g/mol. The van der Waals surface area contributed by atoms with Crippen molar-refractivity contribution in [2.24, 2.45) is 11.8 Å². The first-order chi connectivity index (χ1) is 8.31. The van der Waals surface area contributed by atoms with Crippen molar-refractivity contribution in [2.45, 2.75) is 17.4 Å². The highest BCUT2D eigenvalue weighted by molar-refractivity contribution is 9.10. The Hall–Kier alpha value is -0.0700. The Kier molecular flexibility index (Phi) is 5.31. The highest BCUT2D eigenvalue weighted by atomic mass is 79.9. The van der Waals surface area contributed by atoms with Gasteiger partial charge in [0.25, 0.3) is 0 Å². The Morgan fingerprint density at radius 3 is 3.00 bits per heavy atom. The van der Waals surface area contributed by atoms with E-state index in [4.69, 9.17) is 10.6 Å². The first-order valence-corrected chi connectivity index (χ1v) is 7.50. The number of hydrogen-bond donors (Lipinski definition) is 2. The summed E-state index contributed by atoms with van der Waals surface area (Å²) in [5.74, 6) is 7.13. The van der Waals surface area contributed by atoms with Gasteiger partial charge in [0.1, 0.15) is 0 Å². The van der Waals surface area contributed by atoms with Crippen LogP contribution in [0.15, 0.2) is 33.6 Å². The summed E-state index contributed by atoms with van der Waals surface area (Å²) in [7, 11) is 0. The number of halogens is 1. The minimum atomic E-state index is 0.314. The zero-order valence-corrected chi connectivity index (χ0v) is 12.0. The minimum Gasteiger partial charge on any atom is -0.381 e. The Morgan fingerprint density at radius 2 is 2.35 bits per heavy atom. The maximum Gasteiger partial charge on any atom is 0.0510 e. The first kappa shape index (κ1) is 13.4. The molecule has 1 saturated heterocycles. The maximum atomic E-state index is 5.62. The van der Waals surface area contributed by atoms with E-state index in [1.807, 2.05) is 17.8 Å². The van der Waals surface area contributed by atoms with Crippen molar-refractivity contribution >= 4 is 27.7 Å². The molecule has 0 amide bonds. The molecule has 1 heterocycles. The lowest BCUT2D eigenvalue weighted by molar-refractivity contribution is 0.179. The number of thioether (sulfide) groups is 1. The van der Waals surface area contributed by atoms with Crippen LogP contribution in [0.2, 0.25) is 0 Å². The average molecular weight is 317 g/mol. The fourth-order valence-corrected chi connectivity index (χ4v) is 3.67. The molecule has 3 nitrogen and oxygen atoms in total. The van der Waals surface area contributed by atoms with Crippen molar-refractivity contribution in [3.63, 3.8) is 0 Å². The molecule has 2 atom stereocenters. The van der Waals surface area contributed by atoms with Crippen LogP contribution in [0.25, 0.3) is 0 Å². The van der Waals surface area contributed by atoms with Gasteiger partial charge in [-0.05, 0) is 34.5 Å². The quantitative estimate of drug-likeness (QED) is 0.497. The number of hydrogen-bond acceptors (Lipinski definition) is 4. The topological polar surface area (TPSA) is 47.3 Å². The predicted molar refractivity (Wildman–Crippen MR) is 74.9 cm³/mol. The van der Waals surface area contributed by atoms with E-state index in [0.29, 0.717) is 12.0 Å². The van der Waals surface area contributed by atoms with Gasteiger partial charge in [0, 0.05) is 33.7 Å². The van der Waals surface area contributed by atoms with E-state index < -0.39 is 0 Å². The van der Waals surface area contributed by atoms with Gasteiger partial charge in [-0.25, -0.2) is 0 Å². The Bertz CT molecular complexity index is 358. The summed E-state index contributed by atoms with van der Waals surface area (Å²) >= 11 is 5.38. The van der Waals surface area contributed by atoms with Crippen LogP contribution in [0.4, 0.5) is 0 Å². The van der Waals surface area contributed by atoms with Gasteiger partial charge in [0.2, 0.25) is 0 Å². The number of benzene rings is 1. The Balaban J connectivity index is 1.89. The number of rotatable bonds is 5. The van der Waals surface area contributed by atoms with E-state index in [2.05, 4.69) is 39.6 Å². The van der Waals surface area contributed by atoms with Gasteiger partial charge in [0.05, 0.1) is 6.61 Å². The van der Waals surface area contributed by atoms with E-state index in [0.717, 1.165) is 29.9 Å². The van der Waals surface area contributed by atoms with E-state index in [1.54, 1.807) is 0 Å². The molecule has 1 fully saturated rings. The van der Waals surface area contributed by atoms with Gasteiger partial charge in [-0.15, -0.1) is 11.8 Å². The molecule has 0 aromatic heterocycles. The van der Waals surface area contributed by atoms with Crippen LogP contribution < -0.4 is 11.3 Å². The minimum absolute atomic E-state index is 0.314. The molecule has 94 valence electrons. The second-order valence-corrected chi connectivity index (χ2v) is 6.05. The molecule has 2 unspecified atom stereocenters. The highest BCUT2D eigenvalue weighted by Crippen LogP contribution is 2.29. The molecule has 17 heavy (non-hydrogen) atoms. The van der Waals surface area contributed by atoms with E-state index in [-0.39, 0.29) is 0 Å². The van der Waals surface area contributed by atoms with Crippen LogP contribution in [-0.2, 0) is 4.74 Å². The van der Waals surface area contributed by atoms with Crippen molar-refractivity contribution < 1.29 is 4.74 Å². The summed E-state index contributed by atoms with van der Waals surface area (Å²) in [5.41, 5.74) is 2.92. The second kappa shape index (κ2) is 6.75. The number of nitrogens with two attached hydrogens (primary N) is 1. The molecule has 2 rings (SSSR count). The highest BCUT2D eigenvalue weighted by Gasteiger charge is 2.24. The Morgan fingerprint density at radius 1 is 1.53 bits per heavy atom. The van der Waals surface area contributed by atoms with Crippen LogP contribution in [0.1, 0.15) is 6.42 Å². The zero-order valence-electron chi connectivity index (χ0n) is 9.56. The zero-order chi connectivity index (χ0) is 12.1. The summed E-state index contributed by atoms with van der Waals surface area (Å²) < 4.78 is 6.54. The molecule has 1 aliphatic heterocycles. The molecule has 1 aromatic rings. The lowest BCUT2D eigenvalue weighted by Gasteiger charge is -2.21. The molecule has 0 bridgehead atoms. The normalized spacial score (nSPS) is 21.6. The van der Waals surface area contributed by atoms with E-state index in [9.17, 15) is 0 Å². The fraction of sp³-hybridized carbons (Fsp3) is 0.500. The Labute approximate surface area is 115 Å². The molecule has 1 aromatic carbocycles. The van der Waals surface area contributed by atoms with Gasteiger partial charge in [-0.3, -0.25) is 11.3 Å². The largest absolute Gasteiger partial charge is 0.381 e.